The summed E-state index contributed by atoms with van der Waals surface area (Å²) in [5.74, 6) is -0.118. The molecule has 2 aliphatic rings. The zero-order valence-electron chi connectivity index (χ0n) is 12.5. The van der Waals surface area contributed by atoms with Crippen molar-refractivity contribution in [3.63, 3.8) is 0 Å². The van der Waals surface area contributed by atoms with E-state index in [9.17, 15) is 18.1 Å². The van der Waals surface area contributed by atoms with E-state index >= 15 is 0 Å². The van der Waals surface area contributed by atoms with E-state index in [-0.39, 0.29) is 47.0 Å². The molecule has 2 aliphatic carbocycles. The van der Waals surface area contributed by atoms with Crippen molar-refractivity contribution < 1.29 is 47.6 Å². The topological polar surface area (TPSA) is 77.4 Å². The molecule has 6 heteroatoms. The molecule has 4 nitrogen and oxygen atoms in total. The molecule has 0 aromatic carbocycles. The van der Waals surface area contributed by atoms with Gasteiger partial charge in [-0.25, -0.2) is 8.42 Å². The van der Waals surface area contributed by atoms with Crippen LogP contribution >= 0.6 is 0 Å². The van der Waals surface area contributed by atoms with Crippen LogP contribution in [0.4, 0.5) is 0 Å². The molecule has 0 bridgehead atoms. The normalized spacial score (nSPS) is 13.0. The fourth-order valence-electron chi connectivity index (χ4n) is 2.35. The Hall–Kier alpha value is -0.430. The molecule has 1 N–H and O–H groups in total. The molecule has 0 aliphatic heterocycles. The molecule has 1 unspecified atom stereocenters. The number of hydrogen-bond acceptors (Lipinski definition) is 4. The van der Waals surface area contributed by atoms with Crippen molar-refractivity contribution in [2.75, 3.05) is 6.61 Å². The first-order valence-electron chi connectivity index (χ1n) is 6.50. The third-order valence-corrected chi connectivity index (χ3v) is 4.44. The van der Waals surface area contributed by atoms with Crippen LogP contribution < -0.4 is 29.6 Å². The first-order valence-corrected chi connectivity index (χ1v) is 7.91. The minimum atomic E-state index is -4.51. The van der Waals surface area contributed by atoms with E-state index in [0.717, 1.165) is 16.7 Å². The average molecular weight is 316 g/mol. The molecule has 0 fully saturated rings. The summed E-state index contributed by atoms with van der Waals surface area (Å²) in [4.78, 5) is -0.174. The number of rotatable bonds is 4. The van der Waals surface area contributed by atoms with Crippen LogP contribution in [-0.2, 0) is 16.5 Å². The molecule has 0 aromatic heterocycles. The fourth-order valence-corrected chi connectivity index (χ4v) is 3.07. The molecule has 108 valence electrons. The minimum Gasteiger partial charge on any atom is -0.744 e. The predicted molar refractivity (Wildman–Crippen MR) is 75.9 cm³/mol. The Kier molecular flexibility index (Phi) is 6.40. The van der Waals surface area contributed by atoms with Crippen molar-refractivity contribution in [3.8, 4) is 11.1 Å². The molecule has 0 amide bonds. The first-order chi connectivity index (χ1) is 9.38. The largest absolute Gasteiger partial charge is 1.00 e. The summed E-state index contributed by atoms with van der Waals surface area (Å²) in [6, 6.07) is 8.63. The van der Waals surface area contributed by atoms with E-state index in [0.29, 0.717) is 12.0 Å². The van der Waals surface area contributed by atoms with E-state index in [1.54, 1.807) is 6.07 Å². The van der Waals surface area contributed by atoms with Crippen LogP contribution in [0, 0.1) is 0 Å². The third-order valence-electron chi connectivity index (χ3n) is 3.56. The van der Waals surface area contributed by atoms with Crippen LogP contribution in [0.25, 0.3) is 11.1 Å². The van der Waals surface area contributed by atoms with Gasteiger partial charge in [0.2, 0.25) is 0 Å². The molecule has 0 heterocycles. The van der Waals surface area contributed by atoms with Gasteiger partial charge in [-0.1, -0.05) is 32.0 Å². The van der Waals surface area contributed by atoms with Crippen LogP contribution in [0.1, 0.15) is 30.9 Å². The number of aliphatic hydroxyl groups excluding tert-OH is 1. The molecule has 0 aromatic rings. The van der Waals surface area contributed by atoms with Gasteiger partial charge in [0, 0.05) is 12.5 Å². The summed E-state index contributed by atoms with van der Waals surface area (Å²) >= 11 is 0. The Labute approximate surface area is 147 Å². The third kappa shape index (κ3) is 3.86. The van der Waals surface area contributed by atoms with Crippen molar-refractivity contribution in [2.45, 2.75) is 31.1 Å². The van der Waals surface area contributed by atoms with E-state index in [1.807, 2.05) is 32.0 Å². The average Bonchev–Trinajstić information content (AvgIpc) is 2.61. The maximum absolute atomic E-state index is 11.4. The second kappa shape index (κ2) is 7.22. The smallest absolute Gasteiger partial charge is 0.744 e. The molecule has 2 rings (SSSR count). The standard InChI is InChI=1S/C15H18O4S.Na/c1-3-11-8-15(20(17,18)19)14-7-12(10(2)9-16)5-4-6-13(11)14;/h4-8,10,16H,3,9H2,1-2H3,(H,17,18,19);/q;+1/p-1. The van der Waals surface area contributed by atoms with Gasteiger partial charge < -0.3 is 9.66 Å². The van der Waals surface area contributed by atoms with Gasteiger partial charge in [0.25, 0.3) is 0 Å². The molecule has 21 heavy (non-hydrogen) atoms. The van der Waals surface area contributed by atoms with E-state index in [4.69, 9.17) is 0 Å². The van der Waals surface area contributed by atoms with Crippen molar-refractivity contribution in [2.24, 2.45) is 0 Å². The Morgan fingerprint density at radius 2 is 1.90 bits per heavy atom. The van der Waals surface area contributed by atoms with E-state index in [1.165, 1.54) is 6.07 Å². The maximum atomic E-state index is 11.4. The Morgan fingerprint density at radius 1 is 1.24 bits per heavy atom. The predicted octanol–water partition coefficient (Wildman–Crippen LogP) is -0.642. The summed E-state index contributed by atoms with van der Waals surface area (Å²) in [6.45, 7) is 3.72. The molecule has 0 saturated heterocycles. The molecular weight excluding hydrogens is 299 g/mol. The molecule has 0 spiro atoms. The summed E-state index contributed by atoms with van der Waals surface area (Å²) in [5.41, 5.74) is 2.87. The van der Waals surface area contributed by atoms with E-state index in [2.05, 4.69) is 0 Å². The van der Waals surface area contributed by atoms with E-state index < -0.39 is 10.1 Å². The van der Waals surface area contributed by atoms with Crippen LogP contribution in [0.15, 0.2) is 35.2 Å². The van der Waals surface area contributed by atoms with Gasteiger partial charge in [-0.15, -0.1) is 0 Å². The second-order valence-electron chi connectivity index (χ2n) is 4.92. The summed E-state index contributed by atoms with van der Waals surface area (Å²) in [7, 11) is -4.51. The van der Waals surface area contributed by atoms with Crippen LogP contribution in [0.5, 0.6) is 0 Å². The first kappa shape index (κ1) is 18.6. The maximum Gasteiger partial charge on any atom is 1.00 e. The summed E-state index contributed by atoms with van der Waals surface area (Å²) in [6.07, 6.45) is 0.654. The zero-order valence-corrected chi connectivity index (χ0v) is 15.3. The number of hydrogen-bond donors (Lipinski definition) is 1. The number of fused-ring (bicyclic) bond motifs is 1. The van der Waals surface area contributed by atoms with Crippen LogP contribution in [-0.4, -0.2) is 24.7 Å². The van der Waals surface area contributed by atoms with Gasteiger partial charge in [0.15, 0.2) is 0 Å². The van der Waals surface area contributed by atoms with Gasteiger partial charge in [-0.3, -0.25) is 0 Å². The summed E-state index contributed by atoms with van der Waals surface area (Å²) < 4.78 is 34.3. The molecular formula is C15H17NaO4S. The number of aryl methyl sites for hydroxylation is 1. The summed E-state index contributed by atoms with van der Waals surface area (Å²) in [5, 5.41) is 9.24. The monoisotopic (exact) mass is 316 g/mol. The Bertz CT molecular complexity index is 697. The van der Waals surface area contributed by atoms with Gasteiger partial charge in [0.1, 0.15) is 10.1 Å². The van der Waals surface area contributed by atoms with Crippen molar-refractivity contribution >= 4 is 10.1 Å². The van der Waals surface area contributed by atoms with Gasteiger partial charge in [0.05, 0.1) is 4.90 Å². The fraction of sp³-hybridized carbons (Fsp3) is 0.333. The Balaban J connectivity index is 0.00000220. The molecule has 1 atom stereocenters. The van der Waals surface area contributed by atoms with Gasteiger partial charge in [-0.05, 0) is 40.8 Å². The number of aliphatic hydroxyl groups is 1. The van der Waals surface area contributed by atoms with Crippen molar-refractivity contribution in [3.05, 3.63) is 41.5 Å². The molecule has 0 saturated carbocycles. The zero-order chi connectivity index (χ0) is 14.9. The Morgan fingerprint density at radius 3 is 2.43 bits per heavy atom. The van der Waals surface area contributed by atoms with Crippen LogP contribution in [0.3, 0.4) is 0 Å². The van der Waals surface area contributed by atoms with Gasteiger partial charge >= 0.3 is 29.6 Å². The minimum absolute atomic E-state index is 0. The van der Waals surface area contributed by atoms with Gasteiger partial charge in [-0.2, -0.15) is 0 Å². The quantitative estimate of drug-likeness (QED) is 0.601. The van der Waals surface area contributed by atoms with Crippen molar-refractivity contribution in [1.29, 1.82) is 0 Å². The van der Waals surface area contributed by atoms with Crippen LogP contribution in [0.2, 0.25) is 0 Å². The molecule has 0 radical (unpaired) electrons. The second-order valence-corrected chi connectivity index (χ2v) is 6.27. The SMILES string of the molecule is CCc1cc(S(=O)(=O)[O-])c2cc(C(C)CO)cccc1-2.[Na+]. The van der Waals surface area contributed by atoms with Crippen molar-refractivity contribution in [1.82, 2.24) is 0 Å².